The van der Waals surface area contributed by atoms with E-state index in [1.54, 1.807) is 13.3 Å². The minimum absolute atomic E-state index is 0.140. The van der Waals surface area contributed by atoms with Gasteiger partial charge in [0.2, 0.25) is 0 Å². The first-order chi connectivity index (χ1) is 11.5. The van der Waals surface area contributed by atoms with Gasteiger partial charge in [0.1, 0.15) is 5.75 Å². The van der Waals surface area contributed by atoms with Crippen molar-refractivity contribution in [3.63, 3.8) is 0 Å². The van der Waals surface area contributed by atoms with Crippen LogP contribution in [0.5, 0.6) is 5.75 Å². The first-order valence-electron chi connectivity index (χ1n) is 7.15. The number of methoxy groups -OCH3 is 1. The van der Waals surface area contributed by atoms with Crippen LogP contribution >= 0.6 is 31.9 Å². The normalized spacial score (nSPS) is 10.7. The molecular formula is C17H17Br2N3O2. The van der Waals surface area contributed by atoms with Crippen LogP contribution < -0.4 is 15.5 Å². The monoisotopic (exact) mass is 453 g/mol. The number of hydrogen-bond donors (Lipinski definition) is 2. The molecule has 2 aromatic rings. The Morgan fingerprint density at radius 1 is 1.29 bits per heavy atom. The van der Waals surface area contributed by atoms with E-state index < -0.39 is 0 Å². The van der Waals surface area contributed by atoms with Gasteiger partial charge >= 0.3 is 0 Å². The van der Waals surface area contributed by atoms with Gasteiger partial charge in [-0.2, -0.15) is 5.10 Å². The molecule has 7 heteroatoms. The van der Waals surface area contributed by atoms with Crippen molar-refractivity contribution in [1.29, 1.82) is 0 Å². The third-order valence-electron chi connectivity index (χ3n) is 3.22. The lowest BCUT2D eigenvalue weighted by Crippen LogP contribution is -2.26. The van der Waals surface area contributed by atoms with Crippen molar-refractivity contribution in [2.45, 2.75) is 6.92 Å². The molecule has 0 aromatic heterocycles. The zero-order valence-electron chi connectivity index (χ0n) is 13.3. The van der Waals surface area contributed by atoms with Gasteiger partial charge in [-0.15, -0.1) is 0 Å². The molecule has 0 aliphatic carbocycles. The van der Waals surface area contributed by atoms with Crippen molar-refractivity contribution in [1.82, 2.24) is 5.43 Å². The fourth-order valence-corrected chi connectivity index (χ4v) is 3.47. The number of anilines is 1. The molecule has 0 saturated carbocycles. The Morgan fingerprint density at radius 2 is 2.04 bits per heavy atom. The minimum atomic E-state index is -0.234. The van der Waals surface area contributed by atoms with E-state index in [0.717, 1.165) is 25.8 Å². The molecular weight excluding hydrogens is 438 g/mol. The number of halogens is 2. The van der Waals surface area contributed by atoms with Crippen LogP contribution in [-0.2, 0) is 4.79 Å². The highest BCUT2D eigenvalue weighted by atomic mass is 79.9. The SMILES string of the molecule is COc1c(Br)cc(Br)cc1/C=N\NC(=O)CNc1ccccc1C. The number of carbonyl (C=O) groups excluding carboxylic acids is 1. The van der Waals surface area contributed by atoms with Crippen LogP contribution in [0.4, 0.5) is 5.69 Å². The van der Waals surface area contributed by atoms with Gasteiger partial charge in [-0.3, -0.25) is 4.79 Å². The van der Waals surface area contributed by atoms with Crippen LogP contribution in [0.1, 0.15) is 11.1 Å². The zero-order chi connectivity index (χ0) is 17.5. The van der Waals surface area contributed by atoms with Gasteiger partial charge in [0.15, 0.2) is 0 Å². The predicted molar refractivity (Wildman–Crippen MR) is 104 cm³/mol. The summed E-state index contributed by atoms with van der Waals surface area (Å²) in [6, 6.07) is 11.5. The highest BCUT2D eigenvalue weighted by Gasteiger charge is 2.08. The van der Waals surface area contributed by atoms with Crippen molar-refractivity contribution in [3.8, 4) is 5.75 Å². The van der Waals surface area contributed by atoms with Gasteiger partial charge in [-0.25, -0.2) is 5.43 Å². The summed E-state index contributed by atoms with van der Waals surface area (Å²) in [4.78, 5) is 11.9. The maximum absolute atomic E-state index is 11.9. The fourth-order valence-electron chi connectivity index (χ4n) is 2.05. The number of hydrazone groups is 1. The Morgan fingerprint density at radius 3 is 2.75 bits per heavy atom. The molecule has 0 unspecified atom stereocenters. The summed E-state index contributed by atoms with van der Waals surface area (Å²) in [5.74, 6) is 0.414. The third-order valence-corrected chi connectivity index (χ3v) is 4.27. The fraction of sp³-hybridized carbons (Fsp3) is 0.176. The number of benzene rings is 2. The second-order valence-electron chi connectivity index (χ2n) is 4.97. The van der Waals surface area contributed by atoms with Gasteiger partial charge in [0, 0.05) is 15.7 Å². The van der Waals surface area contributed by atoms with Gasteiger partial charge in [-0.05, 0) is 46.6 Å². The summed E-state index contributed by atoms with van der Waals surface area (Å²) >= 11 is 6.83. The lowest BCUT2D eigenvalue weighted by Gasteiger charge is -2.09. The average molecular weight is 455 g/mol. The van der Waals surface area contributed by atoms with Crippen molar-refractivity contribution < 1.29 is 9.53 Å². The summed E-state index contributed by atoms with van der Waals surface area (Å²) in [5.41, 5.74) is 5.24. The van der Waals surface area contributed by atoms with Gasteiger partial charge < -0.3 is 10.1 Å². The van der Waals surface area contributed by atoms with Crippen LogP contribution in [0.25, 0.3) is 0 Å². The number of ether oxygens (including phenoxy) is 1. The minimum Gasteiger partial charge on any atom is -0.495 e. The lowest BCUT2D eigenvalue weighted by molar-refractivity contribution is -0.119. The maximum Gasteiger partial charge on any atom is 0.259 e. The first kappa shape index (κ1) is 18.5. The van der Waals surface area contributed by atoms with Crippen molar-refractivity contribution in [3.05, 3.63) is 56.5 Å². The third kappa shape index (κ3) is 5.07. The van der Waals surface area contributed by atoms with Crippen LogP contribution in [0.15, 0.2) is 50.4 Å². The van der Waals surface area contributed by atoms with Crippen LogP contribution in [0.2, 0.25) is 0 Å². The molecule has 24 heavy (non-hydrogen) atoms. The van der Waals surface area contributed by atoms with Crippen LogP contribution in [0.3, 0.4) is 0 Å². The summed E-state index contributed by atoms with van der Waals surface area (Å²) < 4.78 is 7.00. The van der Waals surface area contributed by atoms with Gasteiger partial charge in [0.05, 0.1) is 24.3 Å². The van der Waals surface area contributed by atoms with E-state index in [-0.39, 0.29) is 12.5 Å². The molecule has 0 radical (unpaired) electrons. The number of hydrogen-bond acceptors (Lipinski definition) is 4. The van der Waals surface area contributed by atoms with E-state index in [4.69, 9.17) is 4.74 Å². The molecule has 0 bridgehead atoms. The standard InChI is InChI=1S/C17H17Br2N3O2/c1-11-5-3-4-6-15(11)20-10-16(23)22-21-9-12-7-13(18)8-14(19)17(12)24-2/h3-9,20H,10H2,1-2H3,(H,22,23)/b21-9-. The molecule has 0 spiro atoms. The van der Waals surface area contributed by atoms with E-state index in [0.29, 0.717) is 5.75 Å². The number of carbonyl (C=O) groups is 1. The largest absolute Gasteiger partial charge is 0.495 e. The summed E-state index contributed by atoms with van der Waals surface area (Å²) in [7, 11) is 1.58. The van der Waals surface area contributed by atoms with Crippen molar-refractivity contribution >= 4 is 49.7 Å². The molecule has 126 valence electrons. The smallest absolute Gasteiger partial charge is 0.259 e. The van der Waals surface area contributed by atoms with E-state index in [1.807, 2.05) is 43.3 Å². The Bertz CT molecular complexity index is 763. The molecule has 5 nitrogen and oxygen atoms in total. The number of rotatable bonds is 6. The molecule has 0 saturated heterocycles. The Balaban J connectivity index is 1.94. The summed E-state index contributed by atoms with van der Waals surface area (Å²) in [6.45, 7) is 2.12. The van der Waals surface area contributed by atoms with E-state index in [1.165, 1.54) is 0 Å². The zero-order valence-corrected chi connectivity index (χ0v) is 16.4. The molecule has 1 amide bonds. The van der Waals surface area contributed by atoms with E-state index >= 15 is 0 Å². The molecule has 0 atom stereocenters. The molecule has 0 aliphatic rings. The maximum atomic E-state index is 11.9. The summed E-state index contributed by atoms with van der Waals surface area (Å²) in [6.07, 6.45) is 1.54. The van der Waals surface area contributed by atoms with Gasteiger partial charge in [0.25, 0.3) is 5.91 Å². The highest BCUT2D eigenvalue weighted by molar-refractivity contribution is 9.11. The lowest BCUT2D eigenvalue weighted by atomic mass is 10.2. The molecule has 2 rings (SSSR count). The molecule has 2 aromatic carbocycles. The predicted octanol–water partition coefficient (Wildman–Crippen LogP) is 4.09. The van der Waals surface area contributed by atoms with Crippen LogP contribution in [-0.4, -0.2) is 25.8 Å². The van der Waals surface area contributed by atoms with Crippen LogP contribution in [0, 0.1) is 6.92 Å². The molecule has 0 heterocycles. The number of aryl methyl sites for hydroxylation is 1. The Hall–Kier alpha value is -1.86. The number of amides is 1. The van der Waals surface area contributed by atoms with Crippen molar-refractivity contribution in [2.24, 2.45) is 5.10 Å². The second-order valence-corrected chi connectivity index (χ2v) is 6.74. The quantitative estimate of drug-likeness (QED) is 0.510. The second kappa shape index (κ2) is 8.84. The average Bonchev–Trinajstić information content (AvgIpc) is 2.54. The number of para-hydroxylation sites is 1. The number of nitrogens with zero attached hydrogens (tertiary/aromatic N) is 1. The Labute approximate surface area is 157 Å². The van der Waals surface area contributed by atoms with Crippen molar-refractivity contribution in [2.75, 3.05) is 19.0 Å². The number of nitrogens with one attached hydrogen (secondary N) is 2. The molecule has 0 aliphatic heterocycles. The van der Waals surface area contributed by atoms with Gasteiger partial charge in [-0.1, -0.05) is 34.1 Å². The van der Waals surface area contributed by atoms with E-state index in [9.17, 15) is 4.79 Å². The topological polar surface area (TPSA) is 62.7 Å². The molecule has 2 N–H and O–H groups in total. The summed E-state index contributed by atoms with van der Waals surface area (Å²) in [5, 5.41) is 7.06. The van der Waals surface area contributed by atoms with E-state index in [2.05, 4.69) is 47.7 Å². The highest BCUT2D eigenvalue weighted by Crippen LogP contribution is 2.31. The first-order valence-corrected chi connectivity index (χ1v) is 8.74. The Kier molecular flexibility index (Phi) is 6.81. The molecule has 0 fully saturated rings.